The summed E-state index contributed by atoms with van der Waals surface area (Å²) >= 11 is 0. The monoisotopic (exact) mass is 305 g/mol. The van der Waals surface area contributed by atoms with Crippen LogP contribution in [-0.2, 0) is 23.1 Å². The molecule has 0 spiro atoms. The first kappa shape index (κ1) is 15.7. The van der Waals surface area contributed by atoms with Crippen LogP contribution in [0.2, 0.25) is 0 Å². The average Bonchev–Trinajstić information content (AvgIpc) is 2.49. The Hall–Kier alpha value is -1.69. The molecular weight excluding hydrogens is 286 g/mol. The first-order valence-electron chi connectivity index (χ1n) is 6.77. The molecule has 0 atom stereocenters. The van der Waals surface area contributed by atoms with Crippen molar-refractivity contribution in [3.8, 4) is 0 Å². The van der Waals surface area contributed by atoms with E-state index in [-0.39, 0.29) is 11.5 Å². The molecule has 0 saturated heterocycles. The molecular formula is C16H19NO3S. The molecule has 21 heavy (non-hydrogen) atoms. The molecule has 0 heterocycles. The van der Waals surface area contributed by atoms with E-state index < -0.39 is 10.0 Å². The van der Waals surface area contributed by atoms with Crippen molar-refractivity contribution in [1.82, 2.24) is 4.72 Å². The maximum Gasteiger partial charge on any atom is 0.240 e. The van der Waals surface area contributed by atoms with Gasteiger partial charge >= 0.3 is 0 Å². The van der Waals surface area contributed by atoms with Gasteiger partial charge in [0, 0.05) is 6.54 Å². The minimum atomic E-state index is -3.54. The molecule has 0 amide bonds. The fourth-order valence-corrected chi connectivity index (χ4v) is 3.21. The van der Waals surface area contributed by atoms with Gasteiger partial charge in [0.1, 0.15) is 0 Å². The predicted octanol–water partition coefficient (Wildman–Crippen LogP) is 2.01. The van der Waals surface area contributed by atoms with E-state index in [0.29, 0.717) is 18.5 Å². The van der Waals surface area contributed by atoms with Gasteiger partial charge in [0.15, 0.2) is 0 Å². The summed E-state index contributed by atoms with van der Waals surface area (Å²) in [6.45, 7) is 2.18. The number of aliphatic hydroxyl groups is 1. The zero-order chi connectivity index (χ0) is 15.3. The predicted molar refractivity (Wildman–Crippen MR) is 82.4 cm³/mol. The van der Waals surface area contributed by atoms with Crippen LogP contribution in [0.3, 0.4) is 0 Å². The number of nitrogens with one attached hydrogen (secondary N) is 1. The number of sulfonamides is 1. The molecule has 0 aliphatic heterocycles. The van der Waals surface area contributed by atoms with Gasteiger partial charge in [-0.05, 0) is 42.2 Å². The smallest absolute Gasteiger partial charge is 0.240 e. The second-order valence-corrected chi connectivity index (χ2v) is 6.65. The third kappa shape index (κ3) is 4.14. The number of benzene rings is 2. The van der Waals surface area contributed by atoms with Gasteiger partial charge in [-0.25, -0.2) is 13.1 Å². The van der Waals surface area contributed by atoms with Gasteiger partial charge in [0.05, 0.1) is 11.5 Å². The molecule has 0 radical (unpaired) electrons. The lowest BCUT2D eigenvalue weighted by Gasteiger charge is -2.09. The number of hydrogen-bond donors (Lipinski definition) is 2. The van der Waals surface area contributed by atoms with Crippen LogP contribution in [0.5, 0.6) is 0 Å². The fraction of sp³-hybridized carbons (Fsp3) is 0.250. The Balaban J connectivity index is 2.03. The van der Waals surface area contributed by atoms with Crippen LogP contribution in [0.1, 0.15) is 16.7 Å². The van der Waals surface area contributed by atoms with Crippen LogP contribution >= 0.6 is 0 Å². The van der Waals surface area contributed by atoms with Crippen molar-refractivity contribution in [3.63, 3.8) is 0 Å². The van der Waals surface area contributed by atoms with Crippen molar-refractivity contribution in [2.75, 3.05) is 6.54 Å². The molecule has 0 aliphatic carbocycles. The molecule has 5 heteroatoms. The van der Waals surface area contributed by atoms with E-state index in [1.54, 1.807) is 12.1 Å². The molecule has 0 aromatic heterocycles. The number of aliphatic hydroxyl groups excluding tert-OH is 1. The third-order valence-corrected chi connectivity index (χ3v) is 4.80. The summed E-state index contributed by atoms with van der Waals surface area (Å²) in [5.41, 5.74) is 2.86. The van der Waals surface area contributed by atoms with Crippen molar-refractivity contribution < 1.29 is 13.5 Å². The van der Waals surface area contributed by atoms with Crippen LogP contribution in [0.4, 0.5) is 0 Å². The molecule has 0 saturated carbocycles. The van der Waals surface area contributed by atoms with Crippen LogP contribution in [0, 0.1) is 6.92 Å². The maximum absolute atomic E-state index is 12.2. The largest absolute Gasteiger partial charge is 0.392 e. The molecule has 4 nitrogen and oxygen atoms in total. The summed E-state index contributed by atoms with van der Waals surface area (Å²) in [5.74, 6) is 0. The Kier molecular flexibility index (Phi) is 5.12. The van der Waals surface area contributed by atoms with E-state index in [0.717, 1.165) is 11.1 Å². The van der Waals surface area contributed by atoms with Gasteiger partial charge in [-0.2, -0.15) is 0 Å². The summed E-state index contributed by atoms with van der Waals surface area (Å²) in [7, 11) is -3.54. The molecule has 2 N–H and O–H groups in total. The van der Waals surface area contributed by atoms with Gasteiger partial charge in [-0.1, -0.05) is 36.4 Å². The highest BCUT2D eigenvalue weighted by Crippen LogP contribution is 2.12. The lowest BCUT2D eigenvalue weighted by molar-refractivity contribution is 0.281. The van der Waals surface area contributed by atoms with E-state index in [1.807, 2.05) is 31.2 Å². The average molecular weight is 305 g/mol. The lowest BCUT2D eigenvalue weighted by Crippen LogP contribution is -2.26. The molecule has 2 aromatic rings. The van der Waals surface area contributed by atoms with E-state index in [2.05, 4.69) is 4.72 Å². The minimum absolute atomic E-state index is 0.174. The summed E-state index contributed by atoms with van der Waals surface area (Å²) in [6.07, 6.45) is 0.644. The third-order valence-electron chi connectivity index (χ3n) is 3.34. The minimum Gasteiger partial charge on any atom is -0.392 e. The normalized spacial score (nSPS) is 11.5. The van der Waals surface area contributed by atoms with E-state index in [9.17, 15) is 8.42 Å². The molecule has 0 unspecified atom stereocenters. The van der Waals surface area contributed by atoms with Crippen molar-refractivity contribution in [2.45, 2.75) is 24.8 Å². The van der Waals surface area contributed by atoms with Crippen LogP contribution in [0.15, 0.2) is 53.4 Å². The Bertz CT molecular complexity index is 711. The molecule has 2 aromatic carbocycles. The Labute approximate surface area is 125 Å². The molecule has 112 valence electrons. The molecule has 0 aliphatic rings. The second-order valence-electron chi connectivity index (χ2n) is 4.88. The van der Waals surface area contributed by atoms with E-state index in [4.69, 9.17) is 5.11 Å². The highest BCUT2D eigenvalue weighted by atomic mass is 32.2. The van der Waals surface area contributed by atoms with Crippen molar-refractivity contribution in [3.05, 3.63) is 65.2 Å². The highest BCUT2D eigenvalue weighted by molar-refractivity contribution is 7.89. The van der Waals surface area contributed by atoms with Crippen LogP contribution in [0.25, 0.3) is 0 Å². The first-order valence-corrected chi connectivity index (χ1v) is 8.25. The standard InChI is InChI=1S/C16H19NO3S/c1-13-5-2-3-7-15(13)9-10-17-21(19,20)16-8-4-6-14(11-16)12-18/h2-8,11,17-18H,9-10,12H2,1H3. The van der Waals surface area contributed by atoms with Gasteiger partial charge < -0.3 is 5.11 Å². The highest BCUT2D eigenvalue weighted by Gasteiger charge is 2.13. The fourth-order valence-electron chi connectivity index (χ4n) is 2.10. The summed E-state index contributed by atoms with van der Waals surface area (Å²) in [6, 6.07) is 14.2. The Morgan fingerprint density at radius 3 is 2.57 bits per heavy atom. The van der Waals surface area contributed by atoms with Gasteiger partial charge in [0.2, 0.25) is 10.0 Å². The topological polar surface area (TPSA) is 66.4 Å². The van der Waals surface area contributed by atoms with Gasteiger partial charge in [-0.15, -0.1) is 0 Å². The summed E-state index contributed by atoms with van der Waals surface area (Å²) < 4.78 is 27.0. The molecule has 0 fully saturated rings. The Morgan fingerprint density at radius 2 is 1.86 bits per heavy atom. The number of aryl methyl sites for hydroxylation is 1. The zero-order valence-corrected chi connectivity index (χ0v) is 12.7. The maximum atomic E-state index is 12.2. The SMILES string of the molecule is Cc1ccccc1CCNS(=O)(=O)c1cccc(CO)c1. The van der Waals surface area contributed by atoms with Crippen LogP contribution in [-0.4, -0.2) is 20.1 Å². The Morgan fingerprint density at radius 1 is 1.10 bits per heavy atom. The van der Waals surface area contributed by atoms with Gasteiger partial charge in [-0.3, -0.25) is 0 Å². The number of hydrogen-bond acceptors (Lipinski definition) is 3. The van der Waals surface area contributed by atoms with Gasteiger partial charge in [0.25, 0.3) is 0 Å². The quantitative estimate of drug-likeness (QED) is 0.858. The zero-order valence-electron chi connectivity index (χ0n) is 11.9. The second kappa shape index (κ2) is 6.85. The number of rotatable bonds is 6. The van der Waals surface area contributed by atoms with Crippen LogP contribution < -0.4 is 4.72 Å². The van der Waals surface area contributed by atoms with Crippen molar-refractivity contribution in [1.29, 1.82) is 0 Å². The molecule has 2 rings (SSSR count). The van der Waals surface area contributed by atoms with E-state index >= 15 is 0 Å². The van der Waals surface area contributed by atoms with Crippen molar-refractivity contribution >= 4 is 10.0 Å². The first-order chi connectivity index (χ1) is 10.0. The summed E-state index contributed by atoms with van der Waals surface area (Å²) in [5, 5.41) is 9.07. The van der Waals surface area contributed by atoms with E-state index in [1.165, 1.54) is 12.1 Å². The van der Waals surface area contributed by atoms with Crippen molar-refractivity contribution in [2.24, 2.45) is 0 Å². The lowest BCUT2D eigenvalue weighted by atomic mass is 10.1. The molecule has 0 bridgehead atoms. The summed E-state index contributed by atoms with van der Waals surface area (Å²) in [4.78, 5) is 0.179.